The molecule has 0 bridgehead atoms. The van der Waals surface area contributed by atoms with Crippen molar-refractivity contribution in [2.75, 3.05) is 25.9 Å². The highest BCUT2D eigenvalue weighted by atomic mass is 32.2. The predicted molar refractivity (Wildman–Crippen MR) is 122 cm³/mol. The summed E-state index contributed by atoms with van der Waals surface area (Å²) in [4.78, 5) is 6.57. The summed E-state index contributed by atoms with van der Waals surface area (Å²) in [6, 6.07) is 10.1. The Hall–Kier alpha value is -1.77. The second-order valence-corrected chi connectivity index (χ2v) is 11.3. The van der Waals surface area contributed by atoms with E-state index in [0.717, 1.165) is 47.4 Å². The lowest BCUT2D eigenvalue weighted by atomic mass is 9.88. The smallest absolute Gasteiger partial charge is 0.395 e. The number of likely N-dealkylation sites (tertiary alicyclic amines) is 1. The molecule has 1 saturated carbocycles. The van der Waals surface area contributed by atoms with E-state index in [1.165, 1.54) is 0 Å². The Morgan fingerprint density at radius 2 is 1.88 bits per heavy atom. The molecule has 1 aliphatic carbocycles. The van der Waals surface area contributed by atoms with E-state index in [1.54, 1.807) is 12.5 Å². The average Bonchev–Trinajstić information content (AvgIpc) is 3.44. The van der Waals surface area contributed by atoms with E-state index in [1.807, 2.05) is 29.2 Å². The van der Waals surface area contributed by atoms with Crippen LogP contribution in [0.3, 0.4) is 0 Å². The summed E-state index contributed by atoms with van der Waals surface area (Å²) < 4.78 is 57.5. The third kappa shape index (κ3) is 4.88. The maximum absolute atomic E-state index is 13.3. The van der Waals surface area contributed by atoms with Crippen LogP contribution in [0.15, 0.2) is 36.5 Å². The molecule has 0 spiro atoms. The van der Waals surface area contributed by atoms with Crippen molar-refractivity contribution in [2.24, 2.45) is 11.3 Å². The molecule has 2 fully saturated rings. The number of alkyl halides is 3. The van der Waals surface area contributed by atoms with Crippen molar-refractivity contribution < 1.29 is 22.5 Å². The topological polar surface area (TPSA) is 48.4 Å². The number of ether oxygens (including phenoxy) is 1. The first kappa shape index (κ1) is 23.0. The zero-order chi connectivity index (χ0) is 23.2. The molecule has 4 nitrogen and oxygen atoms in total. The van der Waals surface area contributed by atoms with Gasteiger partial charge >= 0.3 is 6.18 Å². The van der Waals surface area contributed by atoms with Crippen LogP contribution >= 0.6 is 0 Å². The minimum Gasteiger partial charge on any atom is -0.616 e. The van der Waals surface area contributed by atoms with Gasteiger partial charge in [-0.3, -0.25) is 4.98 Å². The number of pyridine rings is 1. The highest BCUT2D eigenvalue weighted by Crippen LogP contribution is 2.58. The van der Waals surface area contributed by atoms with E-state index in [9.17, 15) is 17.7 Å². The van der Waals surface area contributed by atoms with Crippen LogP contribution in [-0.4, -0.2) is 52.6 Å². The molecule has 0 radical (unpaired) electrons. The first-order valence-electron chi connectivity index (χ1n) is 11.6. The van der Waals surface area contributed by atoms with E-state index in [2.05, 4.69) is 11.1 Å². The molecule has 1 aromatic carbocycles. The summed E-state index contributed by atoms with van der Waals surface area (Å²) >= 11 is -0.868. The molecule has 5 rings (SSSR count). The molecule has 2 atom stereocenters. The Morgan fingerprint density at radius 1 is 1.18 bits per heavy atom. The summed E-state index contributed by atoms with van der Waals surface area (Å²) in [7, 11) is 0. The fraction of sp³-hybridized carbons (Fsp3) is 0.560. The van der Waals surface area contributed by atoms with Crippen LogP contribution in [0.1, 0.15) is 36.8 Å². The van der Waals surface area contributed by atoms with Crippen LogP contribution in [0, 0.1) is 11.3 Å². The largest absolute Gasteiger partial charge is 0.616 e. The van der Waals surface area contributed by atoms with Crippen molar-refractivity contribution in [1.29, 1.82) is 0 Å². The molecule has 33 heavy (non-hydrogen) atoms. The highest BCUT2D eigenvalue weighted by Gasteiger charge is 2.63. The van der Waals surface area contributed by atoms with Gasteiger partial charge in [-0.25, -0.2) is 0 Å². The Labute approximate surface area is 195 Å². The molecule has 3 aliphatic rings. The maximum Gasteiger partial charge on any atom is 0.395 e. The van der Waals surface area contributed by atoms with E-state index in [4.69, 9.17) is 4.74 Å². The van der Waals surface area contributed by atoms with Crippen molar-refractivity contribution in [3.8, 4) is 17.0 Å². The number of hydrogen-bond donors (Lipinski definition) is 0. The molecule has 1 saturated heterocycles. The molecule has 0 amide bonds. The highest BCUT2D eigenvalue weighted by molar-refractivity contribution is 7.89. The van der Waals surface area contributed by atoms with Crippen LogP contribution in [0.25, 0.3) is 11.3 Å². The Morgan fingerprint density at radius 3 is 2.48 bits per heavy atom. The first-order valence-corrected chi connectivity index (χ1v) is 13.3. The van der Waals surface area contributed by atoms with Crippen LogP contribution in [-0.2, 0) is 23.3 Å². The molecule has 1 aromatic heterocycles. The van der Waals surface area contributed by atoms with Gasteiger partial charge in [0, 0.05) is 29.7 Å². The molecule has 2 aliphatic heterocycles. The molecular weight excluding hydrogens is 449 g/mol. The van der Waals surface area contributed by atoms with Gasteiger partial charge in [0.2, 0.25) is 0 Å². The Kier molecular flexibility index (Phi) is 6.12. The van der Waals surface area contributed by atoms with Crippen LogP contribution < -0.4 is 4.74 Å². The number of aromatic nitrogens is 1. The summed E-state index contributed by atoms with van der Waals surface area (Å²) in [5.74, 6) is 1.72. The zero-order valence-corrected chi connectivity index (χ0v) is 19.6. The maximum atomic E-state index is 13.3. The second-order valence-electron chi connectivity index (χ2n) is 9.84. The van der Waals surface area contributed by atoms with Crippen LogP contribution in [0.4, 0.5) is 13.2 Å². The Balaban J connectivity index is 1.18. The van der Waals surface area contributed by atoms with Gasteiger partial charge < -0.3 is 14.2 Å². The number of piperidine rings is 1. The number of rotatable bonds is 6. The van der Waals surface area contributed by atoms with Gasteiger partial charge in [0.05, 0.1) is 23.6 Å². The van der Waals surface area contributed by atoms with Crippen LogP contribution in [0.5, 0.6) is 5.75 Å². The number of nitrogens with zero attached hydrogens (tertiary/aromatic N) is 2. The van der Waals surface area contributed by atoms with Crippen molar-refractivity contribution in [1.82, 2.24) is 9.88 Å². The molecule has 2 aromatic rings. The van der Waals surface area contributed by atoms with E-state index in [-0.39, 0.29) is 25.5 Å². The summed E-state index contributed by atoms with van der Waals surface area (Å²) in [5.41, 5.74) is 2.63. The standard InChI is InChI=1S/C25H29F3N2O2S/c1-33(31)15-17-2-4-18(5-3-17)21-12-20-13-22(32-23(20)14-29-21)19-6-10-30(11-7-19)16-24(8-9-24)25(26,27)28/h2-5,12,14,19,22H,6-11,13,15-16H2,1H3. The van der Waals surface area contributed by atoms with Crippen molar-refractivity contribution in [3.63, 3.8) is 0 Å². The molecule has 0 N–H and O–H groups in total. The fourth-order valence-corrected chi connectivity index (χ4v) is 5.85. The lowest BCUT2D eigenvalue weighted by molar-refractivity contribution is -0.192. The molecule has 3 heterocycles. The van der Waals surface area contributed by atoms with Gasteiger partial charge in [-0.1, -0.05) is 35.4 Å². The lowest BCUT2D eigenvalue weighted by Gasteiger charge is -2.36. The molecule has 2 unspecified atom stereocenters. The molecule has 8 heteroatoms. The predicted octanol–water partition coefficient (Wildman–Crippen LogP) is 4.99. The van der Waals surface area contributed by atoms with Gasteiger partial charge in [-0.15, -0.1) is 0 Å². The van der Waals surface area contributed by atoms with Crippen LogP contribution in [0.2, 0.25) is 0 Å². The van der Waals surface area contributed by atoms with Gasteiger partial charge in [0.25, 0.3) is 0 Å². The third-order valence-corrected chi connectivity index (χ3v) is 8.15. The number of fused-ring (bicyclic) bond motifs is 1. The van der Waals surface area contributed by atoms with E-state index in [0.29, 0.717) is 24.8 Å². The number of benzene rings is 1. The van der Waals surface area contributed by atoms with Crippen molar-refractivity contribution in [2.45, 2.75) is 50.1 Å². The van der Waals surface area contributed by atoms with Gasteiger partial charge in [-0.2, -0.15) is 13.2 Å². The summed E-state index contributed by atoms with van der Waals surface area (Å²) in [5, 5.41) is 0. The first-order chi connectivity index (χ1) is 15.7. The van der Waals surface area contributed by atoms with E-state index < -0.39 is 22.8 Å². The second kappa shape index (κ2) is 8.78. The Bertz CT molecular complexity index is 984. The summed E-state index contributed by atoms with van der Waals surface area (Å²) in [6.07, 6.45) is 2.56. The normalized spacial score (nSPS) is 23.7. The SMILES string of the molecule is C[S+]([O-])Cc1ccc(-c2cc3c(cn2)OC(C2CCN(CC4(C(F)(F)F)CC4)CC2)C3)cc1. The van der Waals surface area contributed by atoms with E-state index >= 15 is 0 Å². The van der Waals surface area contributed by atoms with Crippen molar-refractivity contribution >= 4 is 11.2 Å². The molecule has 178 valence electrons. The third-order valence-electron chi connectivity index (χ3n) is 7.41. The lowest BCUT2D eigenvalue weighted by Crippen LogP contribution is -2.44. The van der Waals surface area contributed by atoms with Gasteiger partial charge in [0.15, 0.2) is 0 Å². The summed E-state index contributed by atoms with van der Waals surface area (Å²) in [6.45, 7) is 1.56. The fourth-order valence-electron chi connectivity index (χ4n) is 5.19. The van der Waals surface area contributed by atoms with Crippen molar-refractivity contribution in [3.05, 3.63) is 47.7 Å². The zero-order valence-electron chi connectivity index (χ0n) is 18.7. The minimum atomic E-state index is -4.08. The molecular formula is C25H29F3N2O2S. The monoisotopic (exact) mass is 478 g/mol. The quantitative estimate of drug-likeness (QED) is 0.549. The minimum absolute atomic E-state index is 0.0682. The van der Waals surface area contributed by atoms with Gasteiger partial charge in [-0.05, 0) is 50.8 Å². The number of hydrogen-bond acceptors (Lipinski definition) is 4. The average molecular weight is 479 g/mol. The van der Waals surface area contributed by atoms with Gasteiger partial charge in [0.1, 0.15) is 17.6 Å². The number of halogens is 3.